The molecular weight excluding hydrogens is 426 g/mol. The van der Waals surface area contributed by atoms with Gasteiger partial charge < -0.3 is 18.9 Å². The van der Waals surface area contributed by atoms with Crippen LogP contribution in [-0.4, -0.2) is 35.2 Å². The lowest BCUT2D eigenvalue weighted by Crippen LogP contribution is -2.24. The first-order chi connectivity index (χ1) is 16.6. The fraction of sp³-hybridized carbons (Fsp3) is 0.286. The van der Waals surface area contributed by atoms with Gasteiger partial charge >= 0.3 is 0 Å². The summed E-state index contributed by atoms with van der Waals surface area (Å²) in [6, 6.07) is 24.0. The molecule has 1 aliphatic rings. The van der Waals surface area contributed by atoms with E-state index in [0.717, 1.165) is 39.6 Å². The van der Waals surface area contributed by atoms with E-state index in [-0.39, 0.29) is 11.8 Å². The number of hydrogen-bond donors (Lipinski definition) is 0. The molecule has 3 aromatic carbocycles. The smallest absolute Gasteiger partial charge is 0.227 e. The zero-order chi connectivity index (χ0) is 23.5. The number of hydrogen-bond acceptors (Lipinski definition) is 4. The fourth-order valence-electron chi connectivity index (χ4n) is 4.66. The second kappa shape index (κ2) is 9.59. The Hall–Kier alpha value is -3.80. The van der Waals surface area contributed by atoms with Crippen molar-refractivity contribution in [1.29, 1.82) is 0 Å². The maximum Gasteiger partial charge on any atom is 0.227 e. The lowest BCUT2D eigenvalue weighted by molar-refractivity contribution is -0.117. The summed E-state index contributed by atoms with van der Waals surface area (Å²) in [6.07, 6.45) is 0.450. The van der Waals surface area contributed by atoms with E-state index in [1.165, 1.54) is 0 Å². The van der Waals surface area contributed by atoms with Gasteiger partial charge in [0.2, 0.25) is 5.91 Å². The number of aromatic nitrogens is 2. The second-order valence-corrected chi connectivity index (χ2v) is 8.58. The number of ether oxygens (including phenoxy) is 2. The molecule has 1 aliphatic heterocycles. The molecule has 1 aromatic heterocycles. The number of para-hydroxylation sites is 4. The minimum atomic E-state index is 0.0242. The largest absolute Gasteiger partial charge is 0.490 e. The predicted octanol–water partition coefficient (Wildman–Crippen LogP) is 5.34. The van der Waals surface area contributed by atoms with Gasteiger partial charge in [-0.1, -0.05) is 36.4 Å². The molecule has 0 saturated carbocycles. The van der Waals surface area contributed by atoms with Crippen LogP contribution < -0.4 is 14.4 Å². The second-order valence-electron chi connectivity index (χ2n) is 8.58. The summed E-state index contributed by atoms with van der Waals surface area (Å²) in [5.41, 5.74) is 4.09. The standard InChI is InChI=1S/C28H29N3O3/c1-3-33-25-13-6-7-14-26(25)34-16-15-30-24-12-5-4-11-23(24)29-28(30)21-18-27(32)31(19-21)22-10-8-9-20(2)17-22/h4-14,17,21H,3,15-16,18-19H2,1-2H3. The van der Waals surface area contributed by atoms with Gasteiger partial charge in [-0.25, -0.2) is 4.98 Å². The molecule has 174 valence electrons. The molecule has 1 fully saturated rings. The number of fused-ring (bicyclic) bond motifs is 1. The highest BCUT2D eigenvalue weighted by Gasteiger charge is 2.34. The van der Waals surface area contributed by atoms with E-state index < -0.39 is 0 Å². The zero-order valence-electron chi connectivity index (χ0n) is 19.6. The summed E-state index contributed by atoms with van der Waals surface area (Å²) in [4.78, 5) is 19.8. The summed E-state index contributed by atoms with van der Waals surface area (Å²) in [7, 11) is 0. The van der Waals surface area contributed by atoms with Crippen LogP contribution >= 0.6 is 0 Å². The average Bonchev–Trinajstić information content (AvgIpc) is 3.41. The van der Waals surface area contributed by atoms with Gasteiger partial charge in [-0.2, -0.15) is 0 Å². The van der Waals surface area contributed by atoms with E-state index in [4.69, 9.17) is 14.5 Å². The normalized spacial score (nSPS) is 15.8. The van der Waals surface area contributed by atoms with Crippen molar-refractivity contribution in [3.8, 4) is 11.5 Å². The first-order valence-corrected chi connectivity index (χ1v) is 11.8. The van der Waals surface area contributed by atoms with Crippen molar-refractivity contribution in [3.05, 3.63) is 84.2 Å². The fourth-order valence-corrected chi connectivity index (χ4v) is 4.66. The number of imidazole rings is 1. The maximum atomic E-state index is 12.9. The van der Waals surface area contributed by atoms with Crippen LogP contribution in [0, 0.1) is 6.92 Å². The Morgan fingerprint density at radius 2 is 1.74 bits per heavy atom. The molecule has 0 radical (unpaired) electrons. The first kappa shape index (κ1) is 22.0. The van der Waals surface area contributed by atoms with E-state index in [1.807, 2.05) is 79.4 Å². The number of carbonyl (C=O) groups excluding carboxylic acids is 1. The Labute approximate surface area is 199 Å². The molecule has 1 amide bonds. The molecule has 1 unspecified atom stereocenters. The molecule has 34 heavy (non-hydrogen) atoms. The van der Waals surface area contributed by atoms with Gasteiger partial charge in [0.1, 0.15) is 12.4 Å². The van der Waals surface area contributed by atoms with Crippen molar-refractivity contribution in [1.82, 2.24) is 9.55 Å². The lowest BCUT2D eigenvalue weighted by atomic mass is 10.1. The highest BCUT2D eigenvalue weighted by atomic mass is 16.5. The molecule has 1 saturated heterocycles. The van der Waals surface area contributed by atoms with Crippen molar-refractivity contribution in [2.24, 2.45) is 0 Å². The van der Waals surface area contributed by atoms with Crippen LogP contribution in [0.5, 0.6) is 11.5 Å². The van der Waals surface area contributed by atoms with Crippen LogP contribution in [0.4, 0.5) is 5.69 Å². The highest BCUT2D eigenvalue weighted by Crippen LogP contribution is 2.33. The molecule has 6 heteroatoms. The summed E-state index contributed by atoms with van der Waals surface area (Å²) < 4.78 is 14.0. The van der Waals surface area contributed by atoms with Crippen LogP contribution in [0.15, 0.2) is 72.8 Å². The van der Waals surface area contributed by atoms with Crippen LogP contribution in [0.25, 0.3) is 11.0 Å². The number of nitrogens with zero attached hydrogens (tertiary/aromatic N) is 3. The summed E-state index contributed by atoms with van der Waals surface area (Å²) in [6.45, 7) is 6.32. The Morgan fingerprint density at radius 1 is 0.971 bits per heavy atom. The molecule has 0 spiro atoms. The van der Waals surface area contributed by atoms with Gasteiger partial charge in [0.15, 0.2) is 11.5 Å². The van der Waals surface area contributed by atoms with Gasteiger partial charge in [-0.3, -0.25) is 4.79 Å². The number of amides is 1. The van der Waals surface area contributed by atoms with E-state index >= 15 is 0 Å². The minimum absolute atomic E-state index is 0.0242. The van der Waals surface area contributed by atoms with Crippen molar-refractivity contribution >= 4 is 22.6 Å². The Morgan fingerprint density at radius 3 is 2.53 bits per heavy atom. The summed E-state index contributed by atoms with van der Waals surface area (Å²) in [5, 5.41) is 0. The van der Waals surface area contributed by atoms with Crippen molar-refractivity contribution in [2.45, 2.75) is 32.7 Å². The lowest BCUT2D eigenvalue weighted by Gasteiger charge is -2.18. The summed E-state index contributed by atoms with van der Waals surface area (Å²) >= 11 is 0. The van der Waals surface area contributed by atoms with Gasteiger partial charge in [0.05, 0.1) is 24.2 Å². The molecule has 0 bridgehead atoms. The molecule has 5 rings (SSSR count). The van der Waals surface area contributed by atoms with Crippen LogP contribution in [0.1, 0.15) is 30.7 Å². The number of aryl methyl sites for hydroxylation is 1. The zero-order valence-corrected chi connectivity index (χ0v) is 19.6. The van der Waals surface area contributed by atoms with Crippen molar-refractivity contribution < 1.29 is 14.3 Å². The molecule has 0 aliphatic carbocycles. The summed E-state index contributed by atoms with van der Waals surface area (Å²) in [5.74, 6) is 2.58. The van der Waals surface area contributed by atoms with E-state index in [9.17, 15) is 4.79 Å². The van der Waals surface area contributed by atoms with Crippen molar-refractivity contribution in [2.75, 3.05) is 24.7 Å². The Kier molecular flexibility index (Phi) is 6.21. The third kappa shape index (κ3) is 4.36. The number of benzene rings is 3. The monoisotopic (exact) mass is 455 g/mol. The average molecular weight is 456 g/mol. The van der Waals surface area contributed by atoms with Gasteiger partial charge in [0, 0.05) is 24.6 Å². The van der Waals surface area contributed by atoms with Gasteiger partial charge in [-0.15, -0.1) is 0 Å². The van der Waals surface area contributed by atoms with Crippen LogP contribution in [0.3, 0.4) is 0 Å². The topological polar surface area (TPSA) is 56.6 Å². The quantitative estimate of drug-likeness (QED) is 0.360. The van der Waals surface area contributed by atoms with Crippen LogP contribution in [-0.2, 0) is 11.3 Å². The third-order valence-corrected chi connectivity index (χ3v) is 6.21. The van der Waals surface area contributed by atoms with Crippen LogP contribution in [0.2, 0.25) is 0 Å². The Balaban J connectivity index is 1.39. The minimum Gasteiger partial charge on any atom is -0.490 e. The third-order valence-electron chi connectivity index (χ3n) is 6.21. The number of rotatable bonds is 8. The maximum absolute atomic E-state index is 12.9. The molecule has 1 atom stereocenters. The van der Waals surface area contributed by atoms with E-state index in [1.54, 1.807) is 0 Å². The molecule has 0 N–H and O–H groups in total. The highest BCUT2D eigenvalue weighted by molar-refractivity contribution is 5.96. The molecule has 6 nitrogen and oxygen atoms in total. The molecule has 2 heterocycles. The van der Waals surface area contributed by atoms with E-state index in [2.05, 4.69) is 16.7 Å². The van der Waals surface area contributed by atoms with Gasteiger partial charge in [-0.05, 0) is 55.8 Å². The Bertz CT molecular complexity index is 1310. The molecule has 4 aromatic rings. The SMILES string of the molecule is CCOc1ccccc1OCCn1c(C2CC(=O)N(c3cccc(C)c3)C2)nc2ccccc21. The first-order valence-electron chi connectivity index (χ1n) is 11.8. The molecular formula is C28H29N3O3. The van der Waals surface area contributed by atoms with Gasteiger partial charge in [0.25, 0.3) is 0 Å². The van der Waals surface area contributed by atoms with Crippen molar-refractivity contribution in [3.63, 3.8) is 0 Å². The number of anilines is 1. The predicted molar refractivity (Wildman–Crippen MR) is 134 cm³/mol. The number of carbonyl (C=O) groups is 1. The van der Waals surface area contributed by atoms with E-state index in [0.29, 0.717) is 32.7 Å².